The normalized spacial score (nSPS) is 17.0. The highest BCUT2D eigenvalue weighted by atomic mass is 16.3. The Kier molecular flexibility index (Phi) is 4.68. The molecule has 8 nitrogen and oxygen atoms in total. The Bertz CT molecular complexity index is 1100. The van der Waals surface area contributed by atoms with E-state index >= 15 is 0 Å². The fourth-order valence-electron chi connectivity index (χ4n) is 3.72. The summed E-state index contributed by atoms with van der Waals surface area (Å²) < 4.78 is 7.41. The molecule has 4 rings (SSSR count). The quantitative estimate of drug-likeness (QED) is 0.737. The average Bonchev–Trinajstić information content (AvgIpc) is 3.15. The molecule has 0 aliphatic carbocycles. The van der Waals surface area contributed by atoms with Crippen LogP contribution in [0.4, 0.5) is 0 Å². The van der Waals surface area contributed by atoms with Crippen molar-refractivity contribution in [1.82, 2.24) is 14.5 Å². The van der Waals surface area contributed by atoms with Crippen molar-refractivity contribution in [2.75, 3.05) is 13.1 Å². The van der Waals surface area contributed by atoms with E-state index in [1.165, 1.54) is 6.07 Å². The minimum Gasteiger partial charge on any atom is -0.451 e. The standard InChI is InChI=1S/C20H20N4O4/c21-18(26)12-23-9-7-22-19(23)13-4-3-8-24(11-13)20(27)17-10-15(25)14-5-1-2-6-16(14)28-17/h1-2,5-7,9-10,13H,3-4,8,11-12H2,(H2,21,26)/t13-/m0/s1. The number of para-hydroxylation sites is 1. The zero-order chi connectivity index (χ0) is 19.7. The molecule has 1 aromatic carbocycles. The van der Waals surface area contributed by atoms with Crippen LogP contribution in [0.5, 0.6) is 0 Å². The molecule has 2 N–H and O–H groups in total. The Morgan fingerprint density at radius 2 is 2.11 bits per heavy atom. The molecule has 144 valence electrons. The van der Waals surface area contributed by atoms with E-state index in [-0.39, 0.29) is 29.6 Å². The minimum atomic E-state index is -0.444. The Morgan fingerprint density at radius 1 is 1.29 bits per heavy atom. The van der Waals surface area contributed by atoms with Crippen LogP contribution in [0.15, 0.2) is 51.9 Å². The molecule has 0 unspecified atom stereocenters. The number of fused-ring (bicyclic) bond motifs is 1. The van der Waals surface area contributed by atoms with Gasteiger partial charge in [-0.15, -0.1) is 0 Å². The number of likely N-dealkylation sites (tertiary alicyclic amines) is 1. The summed E-state index contributed by atoms with van der Waals surface area (Å²) in [6.07, 6.45) is 4.98. The molecule has 0 radical (unpaired) electrons. The van der Waals surface area contributed by atoms with E-state index in [4.69, 9.17) is 10.2 Å². The number of imidazole rings is 1. The summed E-state index contributed by atoms with van der Waals surface area (Å²) in [5, 5.41) is 0.448. The molecular formula is C20H20N4O4. The second-order valence-corrected chi connectivity index (χ2v) is 6.94. The first-order valence-corrected chi connectivity index (χ1v) is 9.14. The number of carbonyl (C=O) groups excluding carboxylic acids is 2. The highest BCUT2D eigenvalue weighted by Gasteiger charge is 2.29. The van der Waals surface area contributed by atoms with Gasteiger partial charge >= 0.3 is 0 Å². The number of nitrogens with zero attached hydrogens (tertiary/aromatic N) is 3. The van der Waals surface area contributed by atoms with Gasteiger partial charge in [-0.25, -0.2) is 4.98 Å². The maximum atomic E-state index is 13.0. The minimum absolute atomic E-state index is 0.0146. The van der Waals surface area contributed by atoms with Crippen LogP contribution < -0.4 is 11.2 Å². The molecule has 1 fully saturated rings. The van der Waals surface area contributed by atoms with Crippen molar-refractivity contribution in [3.05, 3.63) is 64.5 Å². The lowest BCUT2D eigenvalue weighted by atomic mass is 9.96. The number of piperidine rings is 1. The average molecular weight is 380 g/mol. The van der Waals surface area contributed by atoms with Gasteiger partial charge in [0.2, 0.25) is 5.91 Å². The number of hydrogen-bond acceptors (Lipinski definition) is 5. The largest absolute Gasteiger partial charge is 0.451 e. The van der Waals surface area contributed by atoms with E-state index < -0.39 is 5.91 Å². The molecule has 0 spiro atoms. The van der Waals surface area contributed by atoms with Gasteiger partial charge in [-0.3, -0.25) is 14.4 Å². The monoisotopic (exact) mass is 380 g/mol. The van der Waals surface area contributed by atoms with Crippen molar-refractivity contribution < 1.29 is 14.0 Å². The summed E-state index contributed by atoms with van der Waals surface area (Å²) in [5.41, 5.74) is 5.45. The van der Waals surface area contributed by atoms with Crippen LogP contribution in [0.3, 0.4) is 0 Å². The van der Waals surface area contributed by atoms with Crippen molar-refractivity contribution in [2.24, 2.45) is 5.73 Å². The summed E-state index contributed by atoms with van der Waals surface area (Å²) in [4.78, 5) is 42.6. The van der Waals surface area contributed by atoms with Gasteiger partial charge in [0, 0.05) is 37.5 Å². The highest BCUT2D eigenvalue weighted by molar-refractivity contribution is 5.93. The molecular weight excluding hydrogens is 360 g/mol. The molecule has 3 heterocycles. The lowest BCUT2D eigenvalue weighted by Crippen LogP contribution is -2.40. The number of hydrogen-bond donors (Lipinski definition) is 1. The van der Waals surface area contributed by atoms with Crippen LogP contribution in [-0.4, -0.2) is 39.4 Å². The molecule has 1 saturated heterocycles. The third-order valence-electron chi connectivity index (χ3n) is 4.99. The van der Waals surface area contributed by atoms with Gasteiger partial charge in [0.1, 0.15) is 18.0 Å². The Morgan fingerprint density at radius 3 is 2.93 bits per heavy atom. The number of nitrogens with two attached hydrogens (primary N) is 1. The van der Waals surface area contributed by atoms with Crippen LogP contribution in [0, 0.1) is 0 Å². The van der Waals surface area contributed by atoms with Crippen LogP contribution >= 0.6 is 0 Å². The predicted octanol–water partition coefficient (Wildman–Crippen LogP) is 1.49. The molecule has 28 heavy (non-hydrogen) atoms. The predicted molar refractivity (Wildman–Crippen MR) is 102 cm³/mol. The third-order valence-corrected chi connectivity index (χ3v) is 4.99. The molecule has 0 saturated carbocycles. The number of benzene rings is 1. The van der Waals surface area contributed by atoms with E-state index in [9.17, 15) is 14.4 Å². The van der Waals surface area contributed by atoms with Gasteiger partial charge in [0.05, 0.1) is 5.39 Å². The first-order chi connectivity index (χ1) is 13.5. The van der Waals surface area contributed by atoms with Crippen molar-refractivity contribution >= 4 is 22.8 Å². The summed E-state index contributed by atoms with van der Waals surface area (Å²) in [5.74, 6) is -0.0122. The van der Waals surface area contributed by atoms with Crippen LogP contribution in [0.2, 0.25) is 0 Å². The van der Waals surface area contributed by atoms with Gasteiger partial charge in [0.25, 0.3) is 5.91 Å². The summed E-state index contributed by atoms with van der Waals surface area (Å²) in [6.45, 7) is 1.06. The summed E-state index contributed by atoms with van der Waals surface area (Å²) >= 11 is 0. The van der Waals surface area contributed by atoms with Gasteiger partial charge in [0.15, 0.2) is 11.2 Å². The lowest BCUT2D eigenvalue weighted by molar-refractivity contribution is -0.118. The fraction of sp³-hybridized carbons (Fsp3) is 0.300. The number of amides is 2. The molecule has 3 aromatic rings. The SMILES string of the molecule is NC(=O)Cn1ccnc1[C@H]1CCCN(C(=O)c2cc(=O)c3ccccc3o2)C1. The Labute approximate surface area is 160 Å². The van der Waals surface area contributed by atoms with E-state index in [0.29, 0.717) is 24.1 Å². The molecule has 1 aliphatic heterocycles. The fourth-order valence-corrected chi connectivity index (χ4v) is 3.72. The molecule has 1 atom stereocenters. The van der Waals surface area contributed by atoms with Gasteiger partial charge < -0.3 is 19.6 Å². The number of aromatic nitrogens is 2. The van der Waals surface area contributed by atoms with E-state index in [1.807, 2.05) is 0 Å². The Balaban J connectivity index is 1.58. The molecule has 0 bridgehead atoms. The number of rotatable bonds is 4. The molecule has 8 heteroatoms. The van der Waals surface area contributed by atoms with E-state index in [2.05, 4.69) is 4.98 Å². The zero-order valence-electron chi connectivity index (χ0n) is 15.2. The number of primary amides is 1. The van der Waals surface area contributed by atoms with Crippen molar-refractivity contribution in [3.63, 3.8) is 0 Å². The first-order valence-electron chi connectivity index (χ1n) is 9.14. The van der Waals surface area contributed by atoms with Crippen molar-refractivity contribution in [3.8, 4) is 0 Å². The van der Waals surface area contributed by atoms with Crippen molar-refractivity contribution in [2.45, 2.75) is 25.3 Å². The second-order valence-electron chi connectivity index (χ2n) is 6.94. The molecule has 2 amide bonds. The topological polar surface area (TPSA) is 111 Å². The van der Waals surface area contributed by atoms with Gasteiger partial charge in [-0.1, -0.05) is 12.1 Å². The van der Waals surface area contributed by atoms with Crippen LogP contribution in [0.25, 0.3) is 11.0 Å². The van der Waals surface area contributed by atoms with Crippen LogP contribution in [0.1, 0.15) is 35.1 Å². The van der Waals surface area contributed by atoms with Crippen molar-refractivity contribution in [1.29, 1.82) is 0 Å². The van der Waals surface area contributed by atoms with Crippen LogP contribution in [-0.2, 0) is 11.3 Å². The summed E-state index contributed by atoms with van der Waals surface area (Å²) in [7, 11) is 0. The zero-order valence-corrected chi connectivity index (χ0v) is 15.2. The molecule has 1 aliphatic rings. The molecule has 2 aromatic heterocycles. The highest BCUT2D eigenvalue weighted by Crippen LogP contribution is 2.27. The Hall–Kier alpha value is -3.42. The first kappa shape index (κ1) is 18.0. The maximum absolute atomic E-state index is 13.0. The van der Waals surface area contributed by atoms with Gasteiger partial charge in [-0.2, -0.15) is 0 Å². The second kappa shape index (κ2) is 7.30. The maximum Gasteiger partial charge on any atom is 0.289 e. The smallest absolute Gasteiger partial charge is 0.289 e. The van der Waals surface area contributed by atoms with Gasteiger partial charge in [-0.05, 0) is 25.0 Å². The lowest BCUT2D eigenvalue weighted by Gasteiger charge is -2.32. The van der Waals surface area contributed by atoms with E-state index in [0.717, 1.165) is 18.7 Å². The number of carbonyl (C=O) groups is 2. The van der Waals surface area contributed by atoms with E-state index in [1.54, 1.807) is 46.1 Å². The third kappa shape index (κ3) is 3.40. The summed E-state index contributed by atoms with van der Waals surface area (Å²) in [6, 6.07) is 8.11.